The smallest absolute Gasteiger partial charge is 0.192 e. The summed E-state index contributed by atoms with van der Waals surface area (Å²) in [5.74, 6) is 0. The second kappa shape index (κ2) is 12.2. The van der Waals surface area contributed by atoms with Crippen LogP contribution in [-0.4, -0.2) is 54.4 Å². The topological polar surface area (TPSA) is 46.2 Å². The van der Waals surface area contributed by atoms with Gasteiger partial charge < -0.3 is 23.4 Å². The maximum Gasteiger partial charge on any atom is 0.192 e. The van der Waals surface area contributed by atoms with Gasteiger partial charge in [-0.15, -0.1) is 6.58 Å². The molecule has 0 unspecified atom stereocenters. The molecule has 0 aromatic heterocycles. The van der Waals surface area contributed by atoms with Crippen LogP contribution in [0.5, 0.6) is 0 Å². The normalized spacial score (nSPS) is 16.5. The Morgan fingerprint density at radius 3 is 2.00 bits per heavy atom. The van der Waals surface area contributed by atoms with Crippen molar-refractivity contribution in [1.82, 2.24) is 0 Å². The zero-order valence-electron chi connectivity index (χ0n) is 17.6. The van der Waals surface area contributed by atoms with Gasteiger partial charge in [0.05, 0.1) is 12.2 Å². The van der Waals surface area contributed by atoms with Crippen LogP contribution in [0.15, 0.2) is 12.7 Å². The van der Waals surface area contributed by atoms with Crippen LogP contribution in [0.4, 0.5) is 0 Å². The van der Waals surface area contributed by atoms with Crippen LogP contribution in [0.25, 0.3) is 0 Å². The van der Waals surface area contributed by atoms with Crippen LogP contribution in [0.1, 0.15) is 47.0 Å². The van der Waals surface area contributed by atoms with E-state index in [-0.39, 0.29) is 30.1 Å². The van der Waals surface area contributed by atoms with Crippen molar-refractivity contribution < 1.29 is 23.4 Å². The first-order valence-corrected chi connectivity index (χ1v) is 12.0. The highest BCUT2D eigenvalue weighted by Crippen LogP contribution is 2.38. The van der Waals surface area contributed by atoms with Gasteiger partial charge in [-0.05, 0) is 44.3 Å². The summed E-state index contributed by atoms with van der Waals surface area (Å²) in [6.45, 7) is 17.8. The van der Waals surface area contributed by atoms with E-state index in [4.69, 9.17) is 23.4 Å². The Bertz CT molecular complexity index is 354. The maximum absolute atomic E-state index is 6.67. The van der Waals surface area contributed by atoms with Crippen LogP contribution in [-0.2, 0) is 23.4 Å². The molecular formula is C19H40O5Si. The number of hydrogen-bond acceptors (Lipinski definition) is 5. The molecule has 0 amide bonds. The van der Waals surface area contributed by atoms with E-state index in [0.29, 0.717) is 6.79 Å². The molecule has 0 N–H and O–H groups in total. The van der Waals surface area contributed by atoms with Gasteiger partial charge in [-0.2, -0.15) is 0 Å². The van der Waals surface area contributed by atoms with Crippen molar-refractivity contribution in [3.8, 4) is 0 Å². The molecule has 0 aliphatic heterocycles. The van der Waals surface area contributed by atoms with Crippen molar-refractivity contribution in [3.05, 3.63) is 12.7 Å². The standard InChI is InChI=1S/C19H40O5Si/c1-10-11-17(23-15-21-7)13-18(12-16(2)22-14-20-6)24-25(8,9)19(3,4)5/h10,16-18H,1,11-15H2,2-9H3/t16-,17+,18+/m1/s1. The Balaban J connectivity index is 5.05. The first kappa shape index (κ1) is 24.8. The third-order valence-corrected chi connectivity index (χ3v) is 9.24. The van der Waals surface area contributed by atoms with Crippen molar-refractivity contribution in [1.29, 1.82) is 0 Å². The average Bonchev–Trinajstić information content (AvgIpc) is 2.49. The second-order valence-corrected chi connectivity index (χ2v) is 12.8. The summed E-state index contributed by atoms with van der Waals surface area (Å²) in [5.41, 5.74) is 0. The van der Waals surface area contributed by atoms with Crippen molar-refractivity contribution in [2.45, 2.75) is 83.4 Å². The van der Waals surface area contributed by atoms with Gasteiger partial charge in [0.15, 0.2) is 8.32 Å². The quantitative estimate of drug-likeness (QED) is 0.249. The second-order valence-electron chi connectivity index (χ2n) is 8.07. The zero-order valence-corrected chi connectivity index (χ0v) is 18.6. The minimum absolute atomic E-state index is 0.0295. The molecule has 0 spiro atoms. The number of rotatable bonds is 14. The summed E-state index contributed by atoms with van der Waals surface area (Å²) in [5, 5.41) is 0.156. The van der Waals surface area contributed by atoms with E-state index in [2.05, 4.69) is 47.4 Å². The number of hydrogen-bond donors (Lipinski definition) is 0. The van der Waals surface area contributed by atoms with Crippen molar-refractivity contribution >= 4 is 8.32 Å². The monoisotopic (exact) mass is 376 g/mol. The van der Waals surface area contributed by atoms with E-state index < -0.39 is 8.32 Å². The van der Waals surface area contributed by atoms with Gasteiger partial charge in [-0.25, -0.2) is 0 Å². The molecule has 0 fully saturated rings. The Kier molecular flexibility index (Phi) is 12.1. The van der Waals surface area contributed by atoms with Gasteiger partial charge in [0.1, 0.15) is 13.6 Å². The summed E-state index contributed by atoms with van der Waals surface area (Å²) in [6, 6.07) is 0. The molecule has 0 rings (SSSR count). The first-order valence-electron chi connectivity index (χ1n) is 9.07. The fourth-order valence-corrected chi connectivity index (χ4v) is 3.66. The lowest BCUT2D eigenvalue weighted by Crippen LogP contribution is -2.45. The average molecular weight is 377 g/mol. The molecule has 6 heteroatoms. The van der Waals surface area contributed by atoms with E-state index in [9.17, 15) is 0 Å². The molecule has 5 nitrogen and oxygen atoms in total. The highest BCUT2D eigenvalue weighted by atomic mass is 28.4. The first-order chi connectivity index (χ1) is 11.6. The molecule has 0 bridgehead atoms. The fraction of sp³-hybridized carbons (Fsp3) is 0.895. The lowest BCUT2D eigenvalue weighted by Gasteiger charge is -2.40. The minimum atomic E-state index is -1.89. The van der Waals surface area contributed by atoms with Gasteiger partial charge in [-0.3, -0.25) is 0 Å². The highest BCUT2D eigenvalue weighted by Gasteiger charge is 2.39. The summed E-state index contributed by atoms with van der Waals surface area (Å²) >= 11 is 0. The van der Waals surface area contributed by atoms with E-state index in [1.165, 1.54) is 0 Å². The van der Waals surface area contributed by atoms with Crippen molar-refractivity contribution in [3.63, 3.8) is 0 Å². The van der Waals surface area contributed by atoms with Crippen LogP contribution in [0.2, 0.25) is 18.1 Å². The summed E-state index contributed by atoms with van der Waals surface area (Å²) in [6.07, 6.45) is 4.41. The fourth-order valence-electron chi connectivity index (χ4n) is 2.28. The molecule has 3 atom stereocenters. The third kappa shape index (κ3) is 10.5. The van der Waals surface area contributed by atoms with Gasteiger partial charge in [0, 0.05) is 20.3 Å². The third-order valence-electron chi connectivity index (χ3n) is 4.71. The molecule has 0 aromatic carbocycles. The van der Waals surface area contributed by atoms with Gasteiger partial charge >= 0.3 is 0 Å². The molecule has 0 saturated heterocycles. The maximum atomic E-state index is 6.67. The molecule has 0 heterocycles. The molecule has 0 radical (unpaired) electrons. The number of methoxy groups -OCH3 is 2. The van der Waals surface area contributed by atoms with Crippen molar-refractivity contribution in [2.24, 2.45) is 0 Å². The van der Waals surface area contributed by atoms with Gasteiger partial charge in [-0.1, -0.05) is 26.8 Å². The molecule has 0 aromatic rings. The molecule has 0 aliphatic carbocycles. The van der Waals surface area contributed by atoms with Crippen LogP contribution in [0.3, 0.4) is 0 Å². The lowest BCUT2D eigenvalue weighted by molar-refractivity contribution is -0.0953. The summed E-state index contributed by atoms with van der Waals surface area (Å²) in [7, 11) is 1.38. The van der Waals surface area contributed by atoms with Crippen LogP contribution in [0, 0.1) is 0 Å². The van der Waals surface area contributed by atoms with E-state index in [1.54, 1.807) is 14.2 Å². The Labute approximate surface area is 156 Å². The number of ether oxygens (including phenoxy) is 4. The molecule has 0 aliphatic rings. The van der Waals surface area contributed by atoms with Gasteiger partial charge in [0.25, 0.3) is 0 Å². The predicted molar refractivity (Wildman–Crippen MR) is 105 cm³/mol. The molecule has 0 saturated carbocycles. The van der Waals surface area contributed by atoms with Gasteiger partial charge in [0.2, 0.25) is 0 Å². The summed E-state index contributed by atoms with van der Waals surface area (Å²) in [4.78, 5) is 0. The zero-order chi connectivity index (χ0) is 19.5. The SMILES string of the molecule is C=CC[C@@H](C[C@H](C[C@@H](C)OCOC)O[Si](C)(C)C(C)(C)C)OCOC. The Hall–Kier alpha value is -0.243. The van der Waals surface area contributed by atoms with Crippen LogP contribution < -0.4 is 0 Å². The van der Waals surface area contributed by atoms with Crippen molar-refractivity contribution in [2.75, 3.05) is 27.8 Å². The highest BCUT2D eigenvalue weighted by molar-refractivity contribution is 6.74. The summed E-state index contributed by atoms with van der Waals surface area (Å²) < 4.78 is 28.2. The van der Waals surface area contributed by atoms with E-state index >= 15 is 0 Å². The molecular weight excluding hydrogens is 336 g/mol. The van der Waals surface area contributed by atoms with Crippen LogP contribution >= 0.6 is 0 Å². The lowest BCUT2D eigenvalue weighted by atomic mass is 10.0. The molecule has 25 heavy (non-hydrogen) atoms. The van der Waals surface area contributed by atoms with E-state index in [1.807, 2.05) is 6.08 Å². The predicted octanol–water partition coefficient (Wildman–Crippen LogP) is 4.73. The largest absolute Gasteiger partial charge is 0.414 e. The van der Waals surface area contributed by atoms with E-state index in [0.717, 1.165) is 19.3 Å². The molecule has 150 valence electrons. The minimum Gasteiger partial charge on any atom is -0.414 e. The Morgan fingerprint density at radius 2 is 1.52 bits per heavy atom. The Morgan fingerprint density at radius 1 is 0.960 bits per heavy atom.